The van der Waals surface area contributed by atoms with Gasteiger partial charge in [-0.05, 0) is 55.5 Å². The molecule has 2 aromatic carbocycles. The van der Waals surface area contributed by atoms with Gasteiger partial charge in [-0.25, -0.2) is 0 Å². The number of azide groups is 1. The second-order valence-electron chi connectivity index (χ2n) is 11.2. The quantitative estimate of drug-likeness (QED) is 0.0462. The Bertz CT molecular complexity index is 996. The van der Waals surface area contributed by atoms with Crippen molar-refractivity contribution in [1.82, 2.24) is 0 Å². The van der Waals surface area contributed by atoms with Gasteiger partial charge in [0.1, 0.15) is 0 Å². The van der Waals surface area contributed by atoms with Gasteiger partial charge in [0.2, 0.25) is 0 Å². The molecule has 0 aliphatic heterocycles. The number of nitrogens with zero attached hydrogens (tertiary/aromatic N) is 3. The molecule has 0 saturated heterocycles. The van der Waals surface area contributed by atoms with Crippen molar-refractivity contribution < 1.29 is 24.8 Å². The summed E-state index contributed by atoms with van der Waals surface area (Å²) in [5, 5.41) is 3.56. The van der Waals surface area contributed by atoms with Crippen molar-refractivity contribution in [3.05, 3.63) is 101 Å². The van der Waals surface area contributed by atoms with E-state index in [0.717, 1.165) is 45.1 Å². The molecule has 2 rings (SSSR count). The molecule has 0 unspecified atom stereocenters. The van der Waals surface area contributed by atoms with Crippen LogP contribution in [0.25, 0.3) is 16.0 Å². The average Bonchev–Trinajstić information content (AvgIpc) is 2.90. The molecule has 4 nitrogen and oxygen atoms in total. The largest absolute Gasteiger partial charge is 0 e. The molecule has 0 amide bonds. The van der Waals surface area contributed by atoms with E-state index in [9.17, 15) is 0 Å². The van der Waals surface area contributed by atoms with Crippen LogP contribution >= 0.6 is 15.8 Å². The van der Waals surface area contributed by atoms with Crippen LogP contribution in [0.5, 0.6) is 0 Å². The summed E-state index contributed by atoms with van der Waals surface area (Å²) in [6.45, 7) is 32.7. The van der Waals surface area contributed by atoms with E-state index in [-0.39, 0.29) is 41.6 Å². The van der Waals surface area contributed by atoms with Crippen molar-refractivity contribution in [3.63, 3.8) is 0 Å². The molecule has 2 aromatic rings. The van der Waals surface area contributed by atoms with Crippen molar-refractivity contribution in [1.29, 1.82) is 0 Å². The van der Waals surface area contributed by atoms with Gasteiger partial charge < -0.3 is 6.42 Å². The fourth-order valence-electron chi connectivity index (χ4n) is 5.41. The standard InChI is InChI=1S/C16H10N3.2C9H21P.CO.Ir/c1-2-15(18-19-17)16(13-9-5-3-6-10-13)14-11-7-4-8-12-14;2*1-7(2)10(8(3)4)9(5)6;1-2;/h3-12H;2*7-9H,1-6H3;;/q-1;;;;. The fourth-order valence-corrected chi connectivity index (χ4v) is 12.6. The molecule has 0 aliphatic carbocycles. The first-order chi connectivity index (χ1) is 19.3. The first kappa shape index (κ1) is 44.7. The molecule has 0 saturated carbocycles. The maximum absolute atomic E-state index is 8.61. The molecule has 0 spiro atoms. The number of benzene rings is 2. The Morgan fingerprint density at radius 3 is 1.07 bits per heavy atom. The molecule has 0 aliphatic rings. The monoisotopic (exact) mass is 785 g/mol. The molecular weight excluding hydrogens is 733 g/mol. The van der Waals surface area contributed by atoms with Crippen LogP contribution < -0.4 is 0 Å². The van der Waals surface area contributed by atoms with Crippen LogP contribution in [0.15, 0.2) is 71.5 Å². The third-order valence-corrected chi connectivity index (χ3v) is 13.4. The minimum absolute atomic E-state index is 0. The van der Waals surface area contributed by atoms with E-state index in [4.69, 9.17) is 16.6 Å². The molecule has 0 heterocycles. The van der Waals surface area contributed by atoms with E-state index < -0.39 is 0 Å². The molecule has 0 aromatic heterocycles. The van der Waals surface area contributed by atoms with Crippen LogP contribution in [-0.4, -0.2) is 34.0 Å². The van der Waals surface area contributed by atoms with Gasteiger partial charge in [0.25, 0.3) is 0 Å². The number of rotatable bonds is 9. The predicted molar refractivity (Wildman–Crippen MR) is 184 cm³/mol. The Morgan fingerprint density at radius 2 is 0.905 bits per heavy atom. The zero-order valence-electron chi connectivity index (χ0n) is 27.7. The molecule has 1 radical (unpaired) electrons. The van der Waals surface area contributed by atoms with E-state index >= 15 is 0 Å². The summed E-state index contributed by atoms with van der Waals surface area (Å²) in [6.07, 6.45) is 7.32. The van der Waals surface area contributed by atoms with Gasteiger partial charge >= 0.3 is 11.3 Å². The molecule has 0 bridgehead atoms. The number of allylic oxidation sites excluding steroid dienone is 1. The Balaban J connectivity index is -0.000000568. The Labute approximate surface area is 274 Å². The van der Waals surface area contributed by atoms with E-state index in [0.29, 0.717) is 5.57 Å². The van der Waals surface area contributed by atoms with Gasteiger partial charge in [0, 0.05) is 20.1 Å². The number of hydrogen-bond donors (Lipinski definition) is 0. The van der Waals surface area contributed by atoms with Crippen molar-refractivity contribution in [2.75, 3.05) is 0 Å². The van der Waals surface area contributed by atoms with Gasteiger partial charge in [-0.3, -0.25) is 5.92 Å². The summed E-state index contributed by atoms with van der Waals surface area (Å²) in [4.78, 5) is 2.76. The first-order valence-corrected chi connectivity index (χ1v) is 17.5. The molecular formula is C35H52IrN3OP2-. The third kappa shape index (κ3) is 17.4. The molecule has 233 valence electrons. The Kier molecular flexibility index (Phi) is 27.4. The molecule has 7 heteroatoms. The van der Waals surface area contributed by atoms with Crippen molar-refractivity contribution in [2.45, 2.75) is 117 Å². The first-order valence-electron chi connectivity index (χ1n) is 14.4. The topological polar surface area (TPSA) is 68.7 Å². The van der Waals surface area contributed by atoms with Gasteiger partial charge in [-0.2, -0.15) is 0 Å². The predicted octanol–water partition coefficient (Wildman–Crippen LogP) is 11.7. The molecule has 0 N–H and O–H groups in total. The summed E-state index contributed by atoms with van der Waals surface area (Å²) < 4.78 is 7.50. The zero-order valence-corrected chi connectivity index (χ0v) is 31.9. The van der Waals surface area contributed by atoms with E-state index in [1.54, 1.807) is 0 Å². The zero-order chi connectivity index (χ0) is 32.1. The Morgan fingerprint density at radius 1 is 0.643 bits per heavy atom. The van der Waals surface area contributed by atoms with Crippen LogP contribution in [0.1, 0.15) is 94.2 Å². The number of hydrogen-bond acceptors (Lipinski definition) is 1. The smallest absolute Gasteiger partial charge is 0 e. The minimum atomic E-state index is 0. The van der Waals surface area contributed by atoms with E-state index in [2.05, 4.69) is 106 Å². The molecule has 0 atom stereocenters. The van der Waals surface area contributed by atoms with Crippen LogP contribution in [0, 0.1) is 19.0 Å². The van der Waals surface area contributed by atoms with Gasteiger partial charge in [-0.1, -0.05) is 171 Å². The summed E-state index contributed by atoms with van der Waals surface area (Å²) in [5.74, 6) is 2.21. The van der Waals surface area contributed by atoms with Crippen LogP contribution in [0.3, 0.4) is 0 Å². The normalized spacial score (nSPS) is 10.1. The van der Waals surface area contributed by atoms with Crippen molar-refractivity contribution >= 4 is 21.4 Å². The minimum Gasteiger partial charge on any atom is 0 e. The van der Waals surface area contributed by atoms with Gasteiger partial charge in [0.05, 0.1) is 0 Å². The average molecular weight is 785 g/mol. The summed E-state index contributed by atoms with van der Waals surface area (Å²) >= 11 is 0. The SMILES string of the molecule is CC(C)P(C(C)C)C(C)C.CC(C)P(C(C)C)C(C)C.[C-]#CC(N=[N+]=[N-])=C(c1ccccc1)c1ccccc1.[C-]#[O+].[Ir]. The van der Waals surface area contributed by atoms with Crippen molar-refractivity contribution in [2.24, 2.45) is 5.11 Å². The second kappa shape index (κ2) is 25.8. The van der Waals surface area contributed by atoms with Crippen LogP contribution in [-0.2, 0) is 24.8 Å². The third-order valence-electron chi connectivity index (χ3n) is 6.20. The second-order valence-corrected chi connectivity index (χ2v) is 19.2. The van der Waals surface area contributed by atoms with Crippen LogP contribution in [0.4, 0.5) is 0 Å². The van der Waals surface area contributed by atoms with Gasteiger partial charge in [-0.15, -0.1) is 5.11 Å². The van der Waals surface area contributed by atoms with E-state index in [1.165, 1.54) is 0 Å². The summed E-state index contributed by atoms with van der Waals surface area (Å²) in [5.41, 5.74) is 16.7. The summed E-state index contributed by atoms with van der Waals surface area (Å²) in [7, 11) is 0.525. The van der Waals surface area contributed by atoms with Crippen LogP contribution in [0.2, 0.25) is 0 Å². The molecule has 42 heavy (non-hydrogen) atoms. The maximum atomic E-state index is 8.61. The van der Waals surface area contributed by atoms with E-state index in [1.807, 2.05) is 60.7 Å². The fraction of sp³-hybridized carbons (Fsp3) is 0.514. The van der Waals surface area contributed by atoms with Crippen molar-refractivity contribution in [3.8, 4) is 5.92 Å². The van der Waals surface area contributed by atoms with Gasteiger partial charge in [0.15, 0.2) is 0 Å². The summed E-state index contributed by atoms with van der Waals surface area (Å²) in [6, 6.07) is 19.1. The maximum Gasteiger partial charge on any atom is 0 e. The molecule has 0 fully saturated rings. The Hall–Kier alpha value is -1.70.